The van der Waals surface area contributed by atoms with Gasteiger partial charge in [-0.05, 0) is 69.4 Å². The predicted molar refractivity (Wildman–Crippen MR) is 104 cm³/mol. The molecule has 0 aromatic heterocycles. The first-order valence-corrected chi connectivity index (χ1v) is 9.35. The van der Waals surface area contributed by atoms with Gasteiger partial charge in [-0.1, -0.05) is 30.1 Å². The first-order chi connectivity index (χ1) is 10.8. The normalized spacial score (nSPS) is 11.0. The highest BCUT2D eigenvalue weighted by atomic mass is 127. The molecule has 0 saturated carbocycles. The lowest BCUT2D eigenvalue weighted by Gasteiger charge is -2.21. The smallest absolute Gasteiger partial charge is 0.241 e. The molecule has 0 aliphatic heterocycles. The standard InChI is InChI=1S/C15H10Cl2F2I2O2/c1-2-13(22-14-9(18)3-7(16)5-11(14)20)23-15-10(19)4-8(17)6-12(15)21/h3-6,13H,2H2,1H3. The van der Waals surface area contributed by atoms with Crippen molar-refractivity contribution in [2.24, 2.45) is 0 Å². The predicted octanol–water partition coefficient (Wildman–Crippen LogP) is 6.67. The number of ether oxygens (including phenoxy) is 2. The van der Waals surface area contributed by atoms with Gasteiger partial charge in [0.05, 0.1) is 7.14 Å². The Morgan fingerprint density at radius 2 is 1.30 bits per heavy atom. The number of hydrogen-bond acceptors (Lipinski definition) is 2. The molecule has 2 nitrogen and oxygen atoms in total. The first kappa shape index (κ1) is 19.3. The molecule has 0 heterocycles. The summed E-state index contributed by atoms with van der Waals surface area (Å²) in [6.45, 7) is 1.78. The van der Waals surface area contributed by atoms with Gasteiger partial charge in [-0.2, -0.15) is 0 Å². The SMILES string of the molecule is CCC(Oc1c(F)cc(Cl)cc1I)Oc1c(F)cc(Cl)cc1I. The molecule has 124 valence electrons. The largest absolute Gasteiger partial charge is 0.451 e. The summed E-state index contributed by atoms with van der Waals surface area (Å²) in [7, 11) is 0. The number of benzene rings is 2. The van der Waals surface area contributed by atoms with E-state index in [1.54, 1.807) is 19.1 Å². The molecular formula is C15H10Cl2F2I2O2. The first-order valence-electron chi connectivity index (χ1n) is 6.44. The van der Waals surface area contributed by atoms with Gasteiger partial charge in [0.15, 0.2) is 23.1 Å². The monoisotopic (exact) mass is 584 g/mol. The van der Waals surface area contributed by atoms with Gasteiger partial charge in [-0.3, -0.25) is 0 Å². The summed E-state index contributed by atoms with van der Waals surface area (Å²) in [5, 5.41) is 0.540. The van der Waals surface area contributed by atoms with E-state index in [1.807, 2.05) is 45.2 Å². The molecule has 0 fully saturated rings. The summed E-state index contributed by atoms with van der Waals surface area (Å²) >= 11 is 15.4. The van der Waals surface area contributed by atoms with Gasteiger partial charge >= 0.3 is 0 Å². The van der Waals surface area contributed by atoms with Crippen molar-refractivity contribution < 1.29 is 18.3 Å². The second kappa shape index (κ2) is 8.35. The summed E-state index contributed by atoms with van der Waals surface area (Å²) in [6.07, 6.45) is -0.473. The van der Waals surface area contributed by atoms with E-state index in [2.05, 4.69) is 0 Å². The van der Waals surface area contributed by atoms with Crippen LogP contribution in [-0.4, -0.2) is 6.29 Å². The lowest BCUT2D eigenvalue weighted by atomic mass is 10.3. The fourth-order valence-corrected chi connectivity index (χ4v) is 3.96. The molecule has 0 spiro atoms. The molecule has 0 radical (unpaired) electrons. The molecule has 2 aromatic carbocycles. The van der Waals surface area contributed by atoms with Crippen LogP contribution in [0.25, 0.3) is 0 Å². The highest BCUT2D eigenvalue weighted by Crippen LogP contribution is 2.32. The van der Waals surface area contributed by atoms with E-state index < -0.39 is 17.9 Å². The van der Waals surface area contributed by atoms with E-state index >= 15 is 0 Å². The van der Waals surface area contributed by atoms with Crippen LogP contribution < -0.4 is 9.47 Å². The summed E-state index contributed by atoms with van der Waals surface area (Å²) in [5.74, 6) is -1.16. The number of rotatable bonds is 5. The van der Waals surface area contributed by atoms with Gasteiger partial charge in [-0.15, -0.1) is 0 Å². The van der Waals surface area contributed by atoms with Crippen LogP contribution in [0, 0.1) is 18.8 Å². The summed E-state index contributed by atoms with van der Waals surface area (Å²) in [5.41, 5.74) is 0. The molecule has 2 aromatic rings. The fourth-order valence-electron chi connectivity index (χ4n) is 1.74. The molecule has 0 unspecified atom stereocenters. The molecular weight excluding hydrogens is 575 g/mol. The van der Waals surface area contributed by atoms with Crippen molar-refractivity contribution in [1.29, 1.82) is 0 Å². The molecule has 2 rings (SSSR count). The van der Waals surface area contributed by atoms with E-state index in [0.717, 1.165) is 12.1 Å². The van der Waals surface area contributed by atoms with Crippen LogP contribution in [0.2, 0.25) is 10.0 Å². The van der Waals surface area contributed by atoms with Crippen molar-refractivity contribution in [2.45, 2.75) is 19.6 Å². The number of halogens is 6. The van der Waals surface area contributed by atoms with Crippen LogP contribution in [0.1, 0.15) is 13.3 Å². The minimum atomic E-state index is -0.858. The maximum atomic E-state index is 14.0. The Morgan fingerprint density at radius 3 is 1.61 bits per heavy atom. The van der Waals surface area contributed by atoms with Crippen molar-refractivity contribution in [3.63, 3.8) is 0 Å². The highest BCUT2D eigenvalue weighted by molar-refractivity contribution is 14.1. The maximum Gasteiger partial charge on any atom is 0.241 e. The van der Waals surface area contributed by atoms with Gasteiger partial charge in [0, 0.05) is 16.5 Å². The Hall–Kier alpha value is -0.0600. The molecule has 0 atom stereocenters. The molecule has 8 heteroatoms. The Labute approximate surface area is 169 Å². The minimum Gasteiger partial charge on any atom is -0.451 e. The lowest BCUT2D eigenvalue weighted by molar-refractivity contribution is -0.00355. The third-order valence-electron chi connectivity index (χ3n) is 2.76. The van der Waals surface area contributed by atoms with E-state index in [1.165, 1.54) is 0 Å². The lowest BCUT2D eigenvalue weighted by Crippen LogP contribution is -2.24. The average molecular weight is 585 g/mol. The zero-order valence-electron chi connectivity index (χ0n) is 11.7. The van der Waals surface area contributed by atoms with E-state index in [-0.39, 0.29) is 21.5 Å². The maximum absolute atomic E-state index is 14.0. The van der Waals surface area contributed by atoms with E-state index in [4.69, 9.17) is 32.7 Å². The van der Waals surface area contributed by atoms with E-state index in [9.17, 15) is 8.78 Å². The van der Waals surface area contributed by atoms with Crippen molar-refractivity contribution >= 4 is 68.4 Å². The van der Waals surface area contributed by atoms with Crippen molar-refractivity contribution in [3.05, 3.63) is 53.1 Å². The van der Waals surface area contributed by atoms with Crippen LogP contribution in [0.3, 0.4) is 0 Å². The molecule has 0 N–H and O–H groups in total. The summed E-state index contributed by atoms with van der Waals surface area (Å²) in [6, 6.07) is 5.44. The Balaban J connectivity index is 2.26. The van der Waals surface area contributed by atoms with Crippen molar-refractivity contribution in [1.82, 2.24) is 0 Å². The van der Waals surface area contributed by atoms with Crippen LogP contribution >= 0.6 is 68.4 Å². The molecule has 0 saturated heterocycles. The minimum absolute atomic E-state index is 0.0197. The second-order valence-electron chi connectivity index (χ2n) is 4.47. The fraction of sp³-hybridized carbons (Fsp3) is 0.200. The Kier molecular flexibility index (Phi) is 7.00. The van der Waals surface area contributed by atoms with Crippen LogP contribution in [-0.2, 0) is 0 Å². The van der Waals surface area contributed by atoms with Crippen LogP contribution in [0.15, 0.2) is 24.3 Å². The zero-order valence-corrected chi connectivity index (χ0v) is 17.5. The Morgan fingerprint density at radius 1 is 0.913 bits per heavy atom. The van der Waals surface area contributed by atoms with Gasteiger partial charge in [0.1, 0.15) is 0 Å². The van der Waals surface area contributed by atoms with E-state index in [0.29, 0.717) is 13.6 Å². The van der Waals surface area contributed by atoms with Gasteiger partial charge in [0.2, 0.25) is 6.29 Å². The third kappa shape index (κ3) is 4.96. The third-order valence-corrected chi connectivity index (χ3v) is 4.80. The topological polar surface area (TPSA) is 18.5 Å². The van der Waals surface area contributed by atoms with Crippen LogP contribution in [0.4, 0.5) is 8.78 Å². The number of hydrogen-bond donors (Lipinski definition) is 0. The van der Waals surface area contributed by atoms with Gasteiger partial charge in [0.25, 0.3) is 0 Å². The quantitative estimate of drug-likeness (QED) is 0.289. The average Bonchev–Trinajstić information content (AvgIpc) is 2.44. The second-order valence-corrected chi connectivity index (χ2v) is 7.67. The Bertz CT molecular complexity index is 623. The summed E-state index contributed by atoms with van der Waals surface area (Å²) in [4.78, 5) is 0. The molecule has 0 aliphatic carbocycles. The van der Waals surface area contributed by atoms with Gasteiger partial charge < -0.3 is 9.47 Å². The molecule has 0 bridgehead atoms. The molecule has 0 aliphatic rings. The molecule has 0 amide bonds. The van der Waals surface area contributed by atoms with Crippen molar-refractivity contribution in [2.75, 3.05) is 0 Å². The van der Waals surface area contributed by atoms with Gasteiger partial charge in [-0.25, -0.2) is 8.78 Å². The van der Waals surface area contributed by atoms with Crippen LogP contribution in [0.5, 0.6) is 11.5 Å². The summed E-state index contributed by atoms with van der Waals surface area (Å²) < 4.78 is 40.1. The van der Waals surface area contributed by atoms with Crippen molar-refractivity contribution in [3.8, 4) is 11.5 Å². The zero-order chi connectivity index (χ0) is 17.1. The highest BCUT2D eigenvalue weighted by Gasteiger charge is 2.20. The molecule has 23 heavy (non-hydrogen) atoms.